The van der Waals surface area contributed by atoms with E-state index in [0.29, 0.717) is 36.4 Å². The normalized spacial score (nSPS) is 10.9. The number of carbonyl (C=O) groups excluding carboxylic acids is 2. The van der Waals surface area contributed by atoms with E-state index in [0.717, 1.165) is 11.3 Å². The molecular weight excluding hydrogens is 432 g/mol. The van der Waals surface area contributed by atoms with Crippen LogP contribution in [0.3, 0.4) is 0 Å². The topological polar surface area (TPSA) is 111 Å². The molecule has 5 aromatic rings. The third-order valence-electron chi connectivity index (χ3n) is 5.19. The molecule has 0 saturated heterocycles. The van der Waals surface area contributed by atoms with Crippen LogP contribution < -0.4 is 10.6 Å². The maximum atomic E-state index is 12.7. The summed E-state index contributed by atoms with van der Waals surface area (Å²) >= 11 is 0. The quantitative estimate of drug-likeness (QED) is 0.374. The van der Waals surface area contributed by atoms with Gasteiger partial charge in [-0.3, -0.25) is 14.3 Å². The van der Waals surface area contributed by atoms with E-state index in [1.807, 2.05) is 39.6 Å². The minimum absolute atomic E-state index is 0.139. The Morgan fingerprint density at radius 2 is 1.91 bits per heavy atom. The second-order valence-corrected chi connectivity index (χ2v) is 7.76. The second-order valence-electron chi connectivity index (χ2n) is 7.76. The maximum absolute atomic E-state index is 12.7. The third-order valence-corrected chi connectivity index (χ3v) is 5.19. The number of carbonyl (C=O) groups is 2. The summed E-state index contributed by atoms with van der Waals surface area (Å²) in [5.41, 5.74) is 3.30. The molecule has 0 atom stereocenters. The largest absolute Gasteiger partial charge is 0.337 e. The van der Waals surface area contributed by atoms with Gasteiger partial charge in [0.2, 0.25) is 5.91 Å². The van der Waals surface area contributed by atoms with Crippen molar-refractivity contribution in [2.45, 2.75) is 19.5 Å². The number of pyridine rings is 1. The highest BCUT2D eigenvalue weighted by Crippen LogP contribution is 2.15. The van der Waals surface area contributed by atoms with Crippen LogP contribution in [-0.4, -0.2) is 40.5 Å². The van der Waals surface area contributed by atoms with Crippen LogP contribution in [0.5, 0.6) is 0 Å². The summed E-state index contributed by atoms with van der Waals surface area (Å²) in [6.45, 7) is 1.02. The molecule has 0 spiro atoms. The zero-order valence-electron chi connectivity index (χ0n) is 18.2. The SMILES string of the molecule is O=C(CCn1ccnc1)Nc1cccc(C(=O)Nc2cnn(Cc3cn4ccccc4n3)c2)c1. The van der Waals surface area contributed by atoms with Crippen molar-refractivity contribution in [1.82, 2.24) is 28.7 Å². The first-order valence-electron chi connectivity index (χ1n) is 10.7. The molecule has 4 aromatic heterocycles. The summed E-state index contributed by atoms with van der Waals surface area (Å²) in [6.07, 6.45) is 12.7. The Kier molecular flexibility index (Phi) is 5.85. The fourth-order valence-electron chi connectivity index (χ4n) is 3.56. The van der Waals surface area contributed by atoms with E-state index in [1.54, 1.807) is 60.1 Å². The second kappa shape index (κ2) is 9.41. The summed E-state index contributed by atoms with van der Waals surface area (Å²) in [5, 5.41) is 9.99. The molecule has 2 N–H and O–H groups in total. The first-order valence-corrected chi connectivity index (χ1v) is 10.7. The van der Waals surface area contributed by atoms with Gasteiger partial charge in [-0.25, -0.2) is 9.97 Å². The van der Waals surface area contributed by atoms with Crippen LogP contribution in [0.4, 0.5) is 11.4 Å². The van der Waals surface area contributed by atoms with E-state index >= 15 is 0 Å². The number of hydrogen-bond donors (Lipinski definition) is 2. The van der Waals surface area contributed by atoms with Crippen molar-refractivity contribution in [3.05, 3.63) is 97.2 Å². The lowest BCUT2D eigenvalue weighted by molar-refractivity contribution is -0.116. The number of amides is 2. The Bertz CT molecular complexity index is 1400. The van der Waals surface area contributed by atoms with Crippen LogP contribution in [0.1, 0.15) is 22.5 Å². The predicted molar refractivity (Wildman–Crippen MR) is 126 cm³/mol. The van der Waals surface area contributed by atoms with Crippen molar-refractivity contribution >= 4 is 28.8 Å². The minimum Gasteiger partial charge on any atom is -0.337 e. The first kappa shape index (κ1) is 21.1. The lowest BCUT2D eigenvalue weighted by Gasteiger charge is -2.08. The molecule has 0 aliphatic rings. The molecule has 10 heteroatoms. The number of aromatic nitrogens is 6. The van der Waals surface area contributed by atoms with E-state index in [-0.39, 0.29) is 11.8 Å². The van der Waals surface area contributed by atoms with Crippen molar-refractivity contribution < 1.29 is 9.59 Å². The van der Waals surface area contributed by atoms with Crippen LogP contribution in [0.2, 0.25) is 0 Å². The molecule has 0 fully saturated rings. The highest BCUT2D eigenvalue weighted by molar-refractivity contribution is 6.05. The van der Waals surface area contributed by atoms with Gasteiger partial charge in [0.25, 0.3) is 5.91 Å². The predicted octanol–water partition coefficient (Wildman–Crippen LogP) is 3.06. The van der Waals surface area contributed by atoms with E-state index in [4.69, 9.17) is 0 Å². The highest BCUT2D eigenvalue weighted by atomic mass is 16.2. The van der Waals surface area contributed by atoms with Crippen molar-refractivity contribution in [2.75, 3.05) is 10.6 Å². The van der Waals surface area contributed by atoms with Gasteiger partial charge in [0, 0.05) is 55.2 Å². The molecule has 170 valence electrons. The monoisotopic (exact) mass is 454 g/mol. The Morgan fingerprint density at radius 1 is 0.971 bits per heavy atom. The first-order chi connectivity index (χ1) is 16.6. The molecular formula is C24H22N8O2. The van der Waals surface area contributed by atoms with Crippen molar-refractivity contribution in [1.29, 1.82) is 0 Å². The van der Waals surface area contributed by atoms with Crippen LogP contribution in [0.15, 0.2) is 86.0 Å². The summed E-state index contributed by atoms with van der Waals surface area (Å²) < 4.78 is 5.50. The lowest BCUT2D eigenvalue weighted by atomic mass is 10.2. The standard InChI is InChI=1S/C24H22N8O2/c33-23(7-10-30-11-8-25-17-30)28-19-5-3-4-18(12-19)24(34)29-20-13-26-32(15-20)16-21-14-31-9-2-1-6-22(31)27-21/h1-6,8-9,11-15,17H,7,10,16H2,(H,28,33)(H,29,34). The van der Waals surface area contributed by atoms with E-state index in [1.165, 1.54) is 0 Å². The Balaban J connectivity index is 1.18. The number of fused-ring (bicyclic) bond motifs is 1. The zero-order valence-corrected chi connectivity index (χ0v) is 18.2. The van der Waals surface area contributed by atoms with Crippen LogP contribution >= 0.6 is 0 Å². The van der Waals surface area contributed by atoms with E-state index < -0.39 is 0 Å². The Labute approximate surface area is 194 Å². The van der Waals surface area contributed by atoms with Crippen LogP contribution in [-0.2, 0) is 17.9 Å². The summed E-state index contributed by atoms with van der Waals surface area (Å²) in [5.74, 6) is -0.429. The lowest BCUT2D eigenvalue weighted by Crippen LogP contribution is -2.15. The van der Waals surface area contributed by atoms with Gasteiger partial charge in [-0.05, 0) is 30.3 Å². The average molecular weight is 454 g/mol. The van der Waals surface area contributed by atoms with Gasteiger partial charge in [0.15, 0.2) is 0 Å². The fourth-order valence-corrected chi connectivity index (χ4v) is 3.56. The number of nitrogens with one attached hydrogen (secondary N) is 2. The molecule has 2 amide bonds. The average Bonchev–Trinajstić information content (AvgIpc) is 3.59. The molecule has 0 radical (unpaired) electrons. The number of hydrogen-bond acceptors (Lipinski definition) is 5. The van der Waals surface area contributed by atoms with E-state index in [2.05, 4.69) is 25.7 Å². The van der Waals surface area contributed by atoms with Crippen molar-refractivity contribution in [3.8, 4) is 0 Å². The number of rotatable bonds is 8. The fraction of sp³-hybridized carbons (Fsp3) is 0.125. The van der Waals surface area contributed by atoms with Crippen molar-refractivity contribution in [3.63, 3.8) is 0 Å². The van der Waals surface area contributed by atoms with Crippen LogP contribution in [0.25, 0.3) is 5.65 Å². The van der Waals surface area contributed by atoms with E-state index in [9.17, 15) is 9.59 Å². The highest BCUT2D eigenvalue weighted by Gasteiger charge is 2.11. The Morgan fingerprint density at radius 3 is 2.76 bits per heavy atom. The molecule has 34 heavy (non-hydrogen) atoms. The van der Waals surface area contributed by atoms with Gasteiger partial charge in [-0.2, -0.15) is 5.10 Å². The zero-order chi connectivity index (χ0) is 23.3. The summed E-state index contributed by atoms with van der Waals surface area (Å²) in [7, 11) is 0. The molecule has 0 aliphatic carbocycles. The third kappa shape index (κ3) is 5.01. The number of benzene rings is 1. The van der Waals surface area contributed by atoms with Gasteiger partial charge in [0.1, 0.15) is 5.65 Å². The number of aryl methyl sites for hydroxylation is 1. The minimum atomic E-state index is -0.290. The summed E-state index contributed by atoms with van der Waals surface area (Å²) in [6, 6.07) is 12.6. The molecule has 0 unspecified atom stereocenters. The molecule has 5 rings (SSSR count). The van der Waals surface area contributed by atoms with Gasteiger partial charge in [-0.1, -0.05) is 12.1 Å². The smallest absolute Gasteiger partial charge is 0.255 e. The van der Waals surface area contributed by atoms with Crippen molar-refractivity contribution in [2.24, 2.45) is 0 Å². The molecule has 0 saturated carbocycles. The molecule has 1 aromatic carbocycles. The molecule has 4 heterocycles. The van der Waals surface area contributed by atoms with Gasteiger partial charge >= 0.3 is 0 Å². The number of nitrogens with zero attached hydrogens (tertiary/aromatic N) is 6. The Hall–Kier alpha value is -4.73. The summed E-state index contributed by atoms with van der Waals surface area (Å²) in [4.78, 5) is 33.5. The van der Waals surface area contributed by atoms with Gasteiger partial charge in [-0.15, -0.1) is 0 Å². The maximum Gasteiger partial charge on any atom is 0.255 e. The number of anilines is 2. The van der Waals surface area contributed by atoms with Gasteiger partial charge < -0.3 is 19.6 Å². The van der Waals surface area contributed by atoms with Crippen LogP contribution in [0, 0.1) is 0 Å². The molecule has 10 nitrogen and oxygen atoms in total. The van der Waals surface area contributed by atoms with Gasteiger partial charge in [0.05, 0.1) is 30.5 Å². The molecule has 0 aliphatic heterocycles. The number of imidazole rings is 2. The molecule has 0 bridgehead atoms.